The van der Waals surface area contributed by atoms with E-state index in [1.165, 1.54) is 5.57 Å². The topological polar surface area (TPSA) is 78.5 Å². The van der Waals surface area contributed by atoms with E-state index >= 15 is 0 Å². The Kier molecular flexibility index (Phi) is 4.20. The Morgan fingerprint density at radius 1 is 1.24 bits per heavy atom. The molecule has 3 fully saturated rings. The summed E-state index contributed by atoms with van der Waals surface area (Å²) < 4.78 is 0. The lowest BCUT2D eigenvalue weighted by atomic mass is 9.77. The lowest BCUT2D eigenvalue weighted by molar-refractivity contribution is -0.140. The average molecular weight is 347 g/mol. The van der Waals surface area contributed by atoms with Crippen molar-refractivity contribution in [2.24, 2.45) is 23.2 Å². The molecule has 0 aromatic rings. The zero-order valence-electron chi connectivity index (χ0n) is 15.8. The van der Waals surface area contributed by atoms with Gasteiger partial charge in [0.05, 0.1) is 5.92 Å². The fraction of sp³-hybridized carbons (Fsp3) is 0.737. The summed E-state index contributed by atoms with van der Waals surface area (Å²) in [6.07, 6.45) is 5.19. The summed E-state index contributed by atoms with van der Waals surface area (Å²) in [4.78, 5) is 37.8. The number of carbonyl (C=O) groups excluding carboxylic acids is 3. The summed E-state index contributed by atoms with van der Waals surface area (Å²) in [6.45, 7) is 10.3. The van der Waals surface area contributed by atoms with Gasteiger partial charge in [-0.3, -0.25) is 15.0 Å². The zero-order chi connectivity index (χ0) is 18.6. The Labute approximate surface area is 149 Å². The summed E-state index contributed by atoms with van der Waals surface area (Å²) in [5.41, 5.74) is 2.77. The molecule has 2 N–H and O–H groups in total. The van der Waals surface area contributed by atoms with E-state index < -0.39 is 11.6 Å². The number of allylic oxidation sites excluding steroid dienone is 2. The normalized spacial score (nSPS) is 30.2. The van der Waals surface area contributed by atoms with Crippen molar-refractivity contribution >= 4 is 17.8 Å². The van der Waals surface area contributed by atoms with Crippen LogP contribution in [-0.2, 0) is 9.59 Å². The molecule has 6 nitrogen and oxygen atoms in total. The third-order valence-corrected chi connectivity index (χ3v) is 6.22. The van der Waals surface area contributed by atoms with Crippen LogP contribution >= 0.6 is 0 Å². The number of hydrogen-bond acceptors (Lipinski definition) is 3. The number of rotatable bonds is 3. The van der Waals surface area contributed by atoms with Gasteiger partial charge in [-0.25, -0.2) is 4.79 Å². The van der Waals surface area contributed by atoms with Gasteiger partial charge in [0, 0.05) is 0 Å². The first-order valence-corrected chi connectivity index (χ1v) is 9.21. The molecular formula is C19H29N3O3. The molecule has 2 unspecified atom stereocenters. The maximum Gasteiger partial charge on any atom is 0.344 e. The van der Waals surface area contributed by atoms with Crippen LogP contribution in [0.25, 0.3) is 0 Å². The monoisotopic (exact) mass is 347 g/mol. The van der Waals surface area contributed by atoms with Crippen molar-refractivity contribution in [3.63, 3.8) is 0 Å². The first-order valence-electron chi connectivity index (χ1n) is 9.21. The Balaban J connectivity index is 1.69. The van der Waals surface area contributed by atoms with Crippen LogP contribution in [0.4, 0.5) is 4.79 Å². The van der Waals surface area contributed by atoms with Gasteiger partial charge in [-0.05, 0) is 56.8 Å². The molecule has 0 aromatic heterocycles. The highest BCUT2D eigenvalue weighted by atomic mass is 16.2. The van der Waals surface area contributed by atoms with E-state index in [1.54, 1.807) is 0 Å². The first kappa shape index (κ1) is 18.0. The van der Waals surface area contributed by atoms with Crippen molar-refractivity contribution in [3.05, 3.63) is 11.6 Å². The third-order valence-electron chi connectivity index (χ3n) is 6.22. The van der Waals surface area contributed by atoms with Crippen LogP contribution < -0.4 is 10.7 Å². The van der Waals surface area contributed by atoms with Crippen molar-refractivity contribution in [1.29, 1.82) is 0 Å². The van der Waals surface area contributed by atoms with Crippen LogP contribution in [0, 0.1) is 23.2 Å². The fourth-order valence-corrected chi connectivity index (χ4v) is 4.34. The van der Waals surface area contributed by atoms with Crippen LogP contribution in [0.3, 0.4) is 0 Å². The van der Waals surface area contributed by atoms with E-state index in [0.717, 1.165) is 17.9 Å². The molecule has 0 bridgehead atoms. The number of imide groups is 1. The molecule has 138 valence electrons. The molecule has 25 heavy (non-hydrogen) atoms. The SMILES string of the molecule is CC(C)=CC1C(C(=O)NN2C(=O)NC3(CCC(C)CC3)C2=O)C1(C)C. The van der Waals surface area contributed by atoms with Crippen LogP contribution in [-0.4, -0.2) is 28.4 Å². The number of hydrogen-bond donors (Lipinski definition) is 2. The van der Waals surface area contributed by atoms with E-state index in [0.29, 0.717) is 18.8 Å². The van der Waals surface area contributed by atoms with E-state index in [2.05, 4.69) is 23.7 Å². The van der Waals surface area contributed by atoms with Crippen LogP contribution in [0.5, 0.6) is 0 Å². The van der Waals surface area contributed by atoms with E-state index in [9.17, 15) is 14.4 Å². The second kappa shape index (κ2) is 5.85. The van der Waals surface area contributed by atoms with Gasteiger partial charge in [0.25, 0.3) is 5.91 Å². The number of hydrazine groups is 1. The van der Waals surface area contributed by atoms with Gasteiger partial charge >= 0.3 is 6.03 Å². The number of amides is 4. The predicted molar refractivity (Wildman–Crippen MR) is 94.1 cm³/mol. The molecule has 2 saturated carbocycles. The quantitative estimate of drug-likeness (QED) is 0.609. The van der Waals surface area contributed by atoms with Gasteiger partial charge in [-0.2, -0.15) is 5.01 Å². The Bertz CT molecular complexity index is 640. The highest BCUT2D eigenvalue weighted by Crippen LogP contribution is 2.59. The highest BCUT2D eigenvalue weighted by molar-refractivity contribution is 6.08. The van der Waals surface area contributed by atoms with Crippen LogP contribution in [0.1, 0.15) is 60.3 Å². The molecule has 3 aliphatic rings. The maximum absolute atomic E-state index is 12.8. The molecular weight excluding hydrogens is 318 g/mol. The standard InChI is InChI=1S/C19H29N3O3/c1-11(2)10-13-14(18(13,4)5)15(23)21-22-16(24)19(20-17(22)25)8-6-12(3)7-9-19/h10,12-14H,6-9H2,1-5H3,(H,20,25)(H,21,23). The third kappa shape index (κ3) is 2.96. The smallest absolute Gasteiger partial charge is 0.322 e. The number of carbonyl (C=O) groups is 3. The Morgan fingerprint density at radius 2 is 1.84 bits per heavy atom. The molecule has 0 radical (unpaired) electrons. The second-order valence-corrected chi connectivity index (χ2v) is 8.88. The molecule has 0 aromatic carbocycles. The number of nitrogens with zero attached hydrogens (tertiary/aromatic N) is 1. The van der Waals surface area contributed by atoms with Crippen molar-refractivity contribution in [1.82, 2.24) is 15.8 Å². The van der Waals surface area contributed by atoms with Crippen molar-refractivity contribution < 1.29 is 14.4 Å². The van der Waals surface area contributed by atoms with Crippen LogP contribution in [0.15, 0.2) is 11.6 Å². The Hall–Kier alpha value is -1.85. The molecule has 4 amide bonds. The molecule has 1 aliphatic heterocycles. The Morgan fingerprint density at radius 3 is 2.40 bits per heavy atom. The van der Waals surface area contributed by atoms with Crippen molar-refractivity contribution in [3.8, 4) is 0 Å². The summed E-state index contributed by atoms with van der Waals surface area (Å²) in [7, 11) is 0. The number of urea groups is 1. The molecule has 1 heterocycles. The summed E-state index contributed by atoms with van der Waals surface area (Å²) in [5, 5.41) is 3.74. The molecule has 1 spiro atoms. The van der Waals surface area contributed by atoms with Crippen LogP contribution in [0.2, 0.25) is 0 Å². The molecule has 6 heteroatoms. The highest BCUT2D eigenvalue weighted by Gasteiger charge is 2.61. The predicted octanol–water partition coefficient (Wildman–Crippen LogP) is 2.76. The lowest BCUT2D eigenvalue weighted by Crippen LogP contribution is -2.52. The van der Waals surface area contributed by atoms with Gasteiger partial charge in [0.2, 0.25) is 5.91 Å². The minimum Gasteiger partial charge on any atom is -0.322 e. The van der Waals surface area contributed by atoms with Gasteiger partial charge in [0.15, 0.2) is 0 Å². The summed E-state index contributed by atoms with van der Waals surface area (Å²) in [5.74, 6) is -0.0723. The van der Waals surface area contributed by atoms with Gasteiger partial charge in [-0.15, -0.1) is 0 Å². The van der Waals surface area contributed by atoms with Gasteiger partial charge in [-0.1, -0.05) is 32.4 Å². The van der Waals surface area contributed by atoms with E-state index in [-0.39, 0.29) is 29.1 Å². The minimum atomic E-state index is -0.824. The van der Waals surface area contributed by atoms with Crippen molar-refractivity contribution in [2.75, 3.05) is 0 Å². The lowest BCUT2D eigenvalue weighted by Gasteiger charge is -2.33. The molecule has 3 rings (SSSR count). The number of nitrogens with one attached hydrogen (secondary N) is 2. The summed E-state index contributed by atoms with van der Waals surface area (Å²) >= 11 is 0. The minimum absolute atomic E-state index is 0.141. The first-order chi connectivity index (χ1) is 11.6. The molecule has 2 atom stereocenters. The van der Waals surface area contributed by atoms with E-state index in [4.69, 9.17) is 0 Å². The average Bonchev–Trinajstić information content (AvgIpc) is 2.97. The maximum atomic E-state index is 12.8. The van der Waals surface area contributed by atoms with Gasteiger partial charge in [0.1, 0.15) is 5.54 Å². The second-order valence-electron chi connectivity index (χ2n) is 8.88. The zero-order valence-corrected chi connectivity index (χ0v) is 15.8. The van der Waals surface area contributed by atoms with Gasteiger partial charge < -0.3 is 5.32 Å². The molecule has 1 saturated heterocycles. The fourth-order valence-electron chi connectivity index (χ4n) is 4.34. The molecule has 2 aliphatic carbocycles. The largest absolute Gasteiger partial charge is 0.344 e. The van der Waals surface area contributed by atoms with E-state index in [1.807, 2.05) is 27.7 Å². The summed E-state index contributed by atoms with van der Waals surface area (Å²) in [6, 6.07) is -0.509. The van der Waals surface area contributed by atoms with Crippen molar-refractivity contribution in [2.45, 2.75) is 65.8 Å².